The lowest BCUT2D eigenvalue weighted by molar-refractivity contribution is 0.163. The van der Waals surface area contributed by atoms with Crippen LogP contribution in [0.1, 0.15) is 38.5 Å². The maximum atomic E-state index is 11.3. The number of hydrogen-bond donors (Lipinski definition) is 0. The van der Waals surface area contributed by atoms with Crippen LogP contribution in [0.4, 0.5) is 0 Å². The van der Waals surface area contributed by atoms with Gasteiger partial charge in [0.05, 0.1) is 0 Å². The van der Waals surface area contributed by atoms with Crippen LogP contribution in [0.25, 0.3) is 0 Å². The SMILES string of the molecule is [O-][N+]1CCCC2CCCCC21. The van der Waals surface area contributed by atoms with E-state index in [1.807, 2.05) is 0 Å². The van der Waals surface area contributed by atoms with Crippen LogP contribution in [0.5, 0.6) is 0 Å². The molecule has 1 aliphatic heterocycles. The normalized spacial score (nSPS) is 40.1. The van der Waals surface area contributed by atoms with Gasteiger partial charge in [-0.05, 0) is 19.3 Å². The van der Waals surface area contributed by atoms with Gasteiger partial charge in [-0.1, -0.05) is 6.42 Å². The van der Waals surface area contributed by atoms with Crippen LogP contribution >= 0.6 is 0 Å². The van der Waals surface area contributed by atoms with Gasteiger partial charge in [0.2, 0.25) is 0 Å². The van der Waals surface area contributed by atoms with Gasteiger partial charge < -0.3 is 5.21 Å². The zero-order chi connectivity index (χ0) is 7.68. The molecule has 0 amide bonds. The highest BCUT2D eigenvalue weighted by Crippen LogP contribution is 2.33. The molecule has 2 unspecified atom stereocenters. The summed E-state index contributed by atoms with van der Waals surface area (Å²) in [5.41, 5.74) is 0. The molecule has 1 heterocycles. The van der Waals surface area contributed by atoms with Crippen molar-refractivity contribution in [2.45, 2.75) is 44.6 Å². The van der Waals surface area contributed by atoms with E-state index in [1.165, 1.54) is 30.7 Å². The lowest BCUT2D eigenvalue weighted by Crippen LogP contribution is -2.47. The summed E-state index contributed by atoms with van der Waals surface area (Å²) < 4.78 is 0. The molecular formula is C9H16NO. The van der Waals surface area contributed by atoms with Crippen molar-refractivity contribution in [2.75, 3.05) is 6.54 Å². The fourth-order valence-corrected chi connectivity index (χ4v) is 2.58. The van der Waals surface area contributed by atoms with E-state index in [0.29, 0.717) is 6.04 Å². The van der Waals surface area contributed by atoms with Gasteiger partial charge in [0.15, 0.2) is 0 Å². The van der Waals surface area contributed by atoms with Crippen LogP contribution in [0.2, 0.25) is 0 Å². The Balaban J connectivity index is 1.99. The molecule has 1 saturated heterocycles. The second-order valence-corrected chi connectivity index (χ2v) is 3.89. The maximum Gasteiger partial charge on any atom is 0.135 e. The van der Waals surface area contributed by atoms with Gasteiger partial charge in [-0.2, -0.15) is 5.06 Å². The highest BCUT2D eigenvalue weighted by atomic mass is 16.5. The number of nitrogens with zero attached hydrogens (tertiary/aromatic N) is 1. The van der Waals surface area contributed by atoms with Gasteiger partial charge in [-0.3, -0.25) is 0 Å². The molecule has 2 heteroatoms. The van der Waals surface area contributed by atoms with Crippen molar-refractivity contribution in [3.05, 3.63) is 5.21 Å². The summed E-state index contributed by atoms with van der Waals surface area (Å²) in [5.74, 6) is 0.745. The average Bonchev–Trinajstić information content (AvgIpc) is 2.06. The van der Waals surface area contributed by atoms with E-state index < -0.39 is 0 Å². The molecule has 0 bridgehead atoms. The summed E-state index contributed by atoms with van der Waals surface area (Å²) in [7, 11) is 0. The summed E-state index contributed by atoms with van der Waals surface area (Å²) in [6, 6.07) is 0.400. The zero-order valence-electron chi connectivity index (χ0n) is 6.96. The fourth-order valence-electron chi connectivity index (χ4n) is 2.58. The highest BCUT2D eigenvalue weighted by molar-refractivity contribution is 4.90. The van der Waals surface area contributed by atoms with Gasteiger partial charge in [-0.15, -0.1) is 0 Å². The highest BCUT2D eigenvalue weighted by Gasteiger charge is 2.35. The second-order valence-electron chi connectivity index (χ2n) is 3.89. The van der Waals surface area contributed by atoms with E-state index in [9.17, 15) is 5.21 Å². The van der Waals surface area contributed by atoms with Crippen molar-refractivity contribution in [1.82, 2.24) is 5.06 Å². The molecule has 0 aromatic carbocycles. The zero-order valence-corrected chi connectivity index (χ0v) is 6.96. The monoisotopic (exact) mass is 154 g/mol. The summed E-state index contributed by atoms with van der Waals surface area (Å²) in [6.07, 6.45) is 7.54. The molecule has 63 valence electrons. The van der Waals surface area contributed by atoms with E-state index in [-0.39, 0.29) is 0 Å². The van der Waals surface area contributed by atoms with Gasteiger partial charge >= 0.3 is 0 Å². The molecule has 2 fully saturated rings. The van der Waals surface area contributed by atoms with Crippen LogP contribution in [-0.4, -0.2) is 12.6 Å². The Bertz CT molecular complexity index is 136. The van der Waals surface area contributed by atoms with Crippen molar-refractivity contribution < 1.29 is 0 Å². The Hall–Kier alpha value is -0.0800. The summed E-state index contributed by atoms with van der Waals surface area (Å²) in [4.78, 5) is 0. The molecule has 2 atom stereocenters. The third-order valence-electron chi connectivity index (χ3n) is 3.19. The number of piperidine rings is 1. The van der Waals surface area contributed by atoms with E-state index >= 15 is 0 Å². The predicted octanol–water partition coefficient (Wildman–Crippen LogP) is 1.98. The molecule has 0 aromatic rings. The third-order valence-corrected chi connectivity index (χ3v) is 3.19. The van der Waals surface area contributed by atoms with E-state index in [4.69, 9.17) is 0 Å². The molecule has 0 spiro atoms. The number of hydrogen-bond acceptors (Lipinski definition) is 2. The third kappa shape index (κ3) is 1.42. The first-order valence-corrected chi connectivity index (χ1v) is 4.82. The number of rotatable bonds is 0. The first-order chi connectivity index (χ1) is 5.38. The molecule has 2 rings (SSSR count). The van der Waals surface area contributed by atoms with Gasteiger partial charge in [-0.25, -0.2) is 0 Å². The fraction of sp³-hybridized carbons (Fsp3) is 1.00. The standard InChI is InChI=1S/C9H16NO/c11-10-7-3-5-8-4-1-2-6-9(8)10/h8-9H,1-7H2. The predicted molar refractivity (Wildman–Crippen MR) is 45.3 cm³/mol. The minimum atomic E-state index is 0.400. The van der Waals surface area contributed by atoms with Crippen LogP contribution in [0.15, 0.2) is 0 Å². The number of fused-ring (bicyclic) bond motifs is 1. The summed E-state index contributed by atoms with van der Waals surface area (Å²) in [5, 5.41) is 12.7. The Morgan fingerprint density at radius 3 is 2.55 bits per heavy atom. The van der Waals surface area contributed by atoms with Gasteiger partial charge in [0, 0.05) is 18.8 Å². The lowest BCUT2D eigenvalue weighted by Gasteiger charge is -2.38. The first-order valence-electron chi connectivity index (χ1n) is 4.82. The summed E-state index contributed by atoms with van der Waals surface area (Å²) >= 11 is 0. The minimum absolute atomic E-state index is 0.400. The molecule has 1 saturated carbocycles. The molecule has 2 nitrogen and oxygen atoms in total. The van der Waals surface area contributed by atoms with Crippen LogP contribution in [0, 0.1) is 11.1 Å². The molecule has 11 heavy (non-hydrogen) atoms. The van der Waals surface area contributed by atoms with Crippen molar-refractivity contribution in [1.29, 1.82) is 0 Å². The second kappa shape index (κ2) is 3.11. The van der Waals surface area contributed by atoms with E-state index in [1.54, 1.807) is 0 Å². The summed E-state index contributed by atoms with van der Waals surface area (Å²) in [6.45, 7) is 0.793. The molecule has 0 N–H and O–H groups in total. The maximum absolute atomic E-state index is 11.3. The van der Waals surface area contributed by atoms with Crippen molar-refractivity contribution in [3.8, 4) is 0 Å². The van der Waals surface area contributed by atoms with Crippen molar-refractivity contribution in [2.24, 2.45) is 5.92 Å². The average molecular weight is 154 g/mol. The Labute approximate surface area is 68.2 Å². The van der Waals surface area contributed by atoms with Crippen LogP contribution in [-0.2, 0) is 0 Å². The molecular weight excluding hydrogens is 138 g/mol. The Morgan fingerprint density at radius 2 is 1.73 bits per heavy atom. The lowest BCUT2D eigenvalue weighted by atomic mass is 9.79. The largest absolute Gasteiger partial charge is 0.582 e. The topological polar surface area (TPSA) is 29.0 Å². The first kappa shape index (κ1) is 7.56. The van der Waals surface area contributed by atoms with E-state index in [2.05, 4.69) is 0 Å². The smallest absolute Gasteiger partial charge is 0.135 e. The molecule has 1 radical (unpaired) electrons. The minimum Gasteiger partial charge on any atom is -0.582 e. The van der Waals surface area contributed by atoms with Crippen molar-refractivity contribution >= 4 is 0 Å². The number of hydroxylamine groups is 2. The van der Waals surface area contributed by atoms with Crippen LogP contribution in [0.3, 0.4) is 0 Å². The van der Waals surface area contributed by atoms with Gasteiger partial charge in [0.25, 0.3) is 0 Å². The Kier molecular flexibility index (Phi) is 2.14. The van der Waals surface area contributed by atoms with Crippen LogP contribution < -0.4 is 5.06 Å². The van der Waals surface area contributed by atoms with Gasteiger partial charge in [0.1, 0.15) is 12.6 Å². The molecule has 0 aromatic heterocycles. The van der Waals surface area contributed by atoms with Crippen molar-refractivity contribution in [3.63, 3.8) is 0 Å². The quantitative estimate of drug-likeness (QED) is 0.387. The molecule has 1 aliphatic carbocycles. The molecule has 2 aliphatic rings. The Morgan fingerprint density at radius 1 is 1.00 bits per heavy atom. The van der Waals surface area contributed by atoms with E-state index in [0.717, 1.165) is 25.3 Å².